The highest BCUT2D eigenvalue weighted by atomic mass is 16.7. The van der Waals surface area contributed by atoms with Gasteiger partial charge >= 0.3 is 6.16 Å². The summed E-state index contributed by atoms with van der Waals surface area (Å²) in [6, 6.07) is 0. The molecule has 0 rings (SSSR count). The maximum Gasteiger partial charge on any atom is 0.509 e. The predicted molar refractivity (Wildman–Crippen MR) is 112 cm³/mol. The van der Waals surface area contributed by atoms with E-state index >= 15 is 0 Å². The van der Waals surface area contributed by atoms with Gasteiger partial charge < -0.3 is 9.47 Å². The third kappa shape index (κ3) is 17.8. The molecule has 0 N–H and O–H groups in total. The van der Waals surface area contributed by atoms with Crippen LogP contribution in [0.5, 0.6) is 0 Å². The van der Waals surface area contributed by atoms with E-state index in [1.165, 1.54) is 64.2 Å². The molecule has 0 saturated heterocycles. The fourth-order valence-electron chi connectivity index (χ4n) is 2.96. The highest BCUT2D eigenvalue weighted by molar-refractivity contribution is 5.60. The summed E-state index contributed by atoms with van der Waals surface area (Å²) in [5.41, 5.74) is -0.501. The van der Waals surface area contributed by atoms with E-state index in [1.807, 2.05) is 33.8 Å². The Morgan fingerprint density at radius 3 is 1.85 bits per heavy atom. The Hall–Kier alpha value is -0.990. The van der Waals surface area contributed by atoms with Crippen LogP contribution in [0.1, 0.15) is 118 Å². The summed E-state index contributed by atoms with van der Waals surface area (Å²) in [7, 11) is 0. The van der Waals surface area contributed by atoms with Crippen LogP contribution in [0.2, 0.25) is 0 Å². The van der Waals surface area contributed by atoms with Crippen molar-refractivity contribution in [2.24, 2.45) is 0 Å². The number of rotatable bonds is 15. The molecule has 0 bridgehead atoms. The molecule has 1 atom stereocenters. The van der Waals surface area contributed by atoms with Gasteiger partial charge in [0.25, 0.3) is 0 Å². The molecule has 0 aliphatic rings. The Morgan fingerprint density at radius 2 is 1.38 bits per heavy atom. The average molecular weight is 369 g/mol. The normalized spacial score (nSPS) is 13.1. The molecule has 0 aliphatic carbocycles. The van der Waals surface area contributed by atoms with Gasteiger partial charge in [-0.3, -0.25) is 0 Å². The molecule has 3 nitrogen and oxygen atoms in total. The molecular weight excluding hydrogens is 324 g/mol. The fraction of sp³-hybridized carbons (Fsp3) is 0.870. The molecule has 0 unspecified atom stereocenters. The first-order chi connectivity index (χ1) is 12.4. The van der Waals surface area contributed by atoms with Crippen LogP contribution in [0.25, 0.3) is 0 Å². The van der Waals surface area contributed by atoms with Crippen molar-refractivity contribution in [2.75, 3.05) is 0 Å². The number of ether oxygens (including phenoxy) is 2. The summed E-state index contributed by atoms with van der Waals surface area (Å²) in [4.78, 5) is 11.9. The third-order valence-electron chi connectivity index (χ3n) is 4.42. The van der Waals surface area contributed by atoms with E-state index in [1.54, 1.807) is 0 Å². The highest BCUT2D eigenvalue weighted by Gasteiger charge is 2.20. The smallest absolute Gasteiger partial charge is 0.431 e. The summed E-state index contributed by atoms with van der Waals surface area (Å²) in [5.74, 6) is 0. The Labute approximate surface area is 162 Å². The summed E-state index contributed by atoms with van der Waals surface area (Å²) < 4.78 is 10.8. The van der Waals surface area contributed by atoms with Gasteiger partial charge in [-0.05, 0) is 40.5 Å². The molecule has 0 radical (unpaired) electrons. The summed E-state index contributed by atoms with van der Waals surface area (Å²) in [5, 5.41) is 0. The van der Waals surface area contributed by atoms with Crippen molar-refractivity contribution in [3.8, 4) is 0 Å². The van der Waals surface area contributed by atoms with Gasteiger partial charge in [-0.1, -0.05) is 83.3 Å². The number of allylic oxidation sites excluding steroid dienone is 1. The van der Waals surface area contributed by atoms with Gasteiger partial charge in [0, 0.05) is 6.42 Å². The lowest BCUT2D eigenvalue weighted by Gasteiger charge is -2.22. The van der Waals surface area contributed by atoms with Crippen molar-refractivity contribution in [3.05, 3.63) is 12.2 Å². The van der Waals surface area contributed by atoms with Gasteiger partial charge in [-0.15, -0.1) is 0 Å². The lowest BCUT2D eigenvalue weighted by atomic mass is 10.0. The first-order valence-electron chi connectivity index (χ1n) is 10.9. The summed E-state index contributed by atoms with van der Waals surface area (Å²) >= 11 is 0. The van der Waals surface area contributed by atoms with Gasteiger partial charge in [-0.25, -0.2) is 4.79 Å². The van der Waals surface area contributed by atoms with E-state index < -0.39 is 11.8 Å². The van der Waals surface area contributed by atoms with Gasteiger partial charge in [0.15, 0.2) is 0 Å². The van der Waals surface area contributed by atoms with E-state index in [9.17, 15) is 4.79 Å². The molecule has 0 saturated carbocycles. The van der Waals surface area contributed by atoms with Crippen LogP contribution in [0, 0.1) is 0 Å². The number of hydrogen-bond acceptors (Lipinski definition) is 3. The van der Waals surface area contributed by atoms with Gasteiger partial charge in [0.05, 0.1) is 0 Å². The molecule has 0 aromatic rings. The molecule has 0 heterocycles. The first kappa shape index (κ1) is 25.0. The van der Waals surface area contributed by atoms with Gasteiger partial charge in [0.1, 0.15) is 11.7 Å². The Balaban J connectivity index is 3.79. The molecule has 0 aromatic carbocycles. The predicted octanol–water partition coefficient (Wildman–Crippen LogP) is 7.97. The van der Waals surface area contributed by atoms with Crippen LogP contribution in [0.4, 0.5) is 4.79 Å². The Bertz CT molecular complexity index is 355. The van der Waals surface area contributed by atoms with Gasteiger partial charge in [0.2, 0.25) is 0 Å². The van der Waals surface area contributed by atoms with Crippen molar-refractivity contribution in [2.45, 2.75) is 130 Å². The van der Waals surface area contributed by atoms with E-state index in [0.29, 0.717) is 0 Å². The molecule has 0 aromatic heterocycles. The van der Waals surface area contributed by atoms with Gasteiger partial charge in [-0.2, -0.15) is 0 Å². The van der Waals surface area contributed by atoms with Crippen molar-refractivity contribution >= 4 is 6.16 Å². The zero-order valence-electron chi connectivity index (χ0n) is 18.1. The summed E-state index contributed by atoms with van der Waals surface area (Å²) in [6.45, 7) is 9.84. The lowest BCUT2D eigenvalue weighted by Crippen LogP contribution is -2.27. The van der Waals surface area contributed by atoms with Crippen LogP contribution in [-0.2, 0) is 9.47 Å². The quantitative estimate of drug-likeness (QED) is 0.167. The van der Waals surface area contributed by atoms with Crippen LogP contribution < -0.4 is 0 Å². The van der Waals surface area contributed by atoms with Crippen molar-refractivity contribution < 1.29 is 14.3 Å². The molecule has 0 amide bonds. The molecule has 0 fully saturated rings. The third-order valence-corrected chi connectivity index (χ3v) is 4.42. The minimum Gasteiger partial charge on any atom is -0.431 e. The topological polar surface area (TPSA) is 35.5 Å². The van der Waals surface area contributed by atoms with Crippen molar-refractivity contribution in [1.29, 1.82) is 0 Å². The first-order valence-corrected chi connectivity index (χ1v) is 10.9. The lowest BCUT2D eigenvalue weighted by molar-refractivity contribution is -0.0280. The zero-order chi connectivity index (χ0) is 19.7. The van der Waals surface area contributed by atoms with E-state index in [4.69, 9.17) is 9.47 Å². The SMILES string of the molecule is C/C=C/C[C@@H](CCCCCCCCCCCCC)OC(=O)OC(C)(C)C. The molecule has 0 aliphatic heterocycles. The van der Waals surface area contributed by atoms with Crippen LogP contribution in [0.3, 0.4) is 0 Å². The second-order valence-electron chi connectivity index (χ2n) is 8.33. The van der Waals surface area contributed by atoms with E-state index in [2.05, 4.69) is 13.0 Å². The van der Waals surface area contributed by atoms with Crippen molar-refractivity contribution in [3.63, 3.8) is 0 Å². The number of carbonyl (C=O) groups is 1. The van der Waals surface area contributed by atoms with Crippen LogP contribution in [-0.4, -0.2) is 17.9 Å². The van der Waals surface area contributed by atoms with Crippen molar-refractivity contribution in [1.82, 2.24) is 0 Å². The van der Waals surface area contributed by atoms with E-state index in [-0.39, 0.29) is 6.10 Å². The number of unbranched alkanes of at least 4 members (excludes halogenated alkanes) is 10. The molecule has 154 valence electrons. The minimum atomic E-state index is -0.546. The second-order valence-corrected chi connectivity index (χ2v) is 8.33. The molecule has 0 spiro atoms. The van der Waals surface area contributed by atoms with Crippen LogP contribution in [0.15, 0.2) is 12.2 Å². The summed E-state index contributed by atoms with van der Waals surface area (Å²) in [6.07, 6.45) is 19.8. The Kier molecular flexibility index (Phi) is 15.6. The number of carbonyl (C=O) groups excluding carboxylic acids is 1. The monoisotopic (exact) mass is 368 g/mol. The molecular formula is C23H44O3. The maximum absolute atomic E-state index is 11.9. The van der Waals surface area contributed by atoms with Crippen LogP contribution >= 0.6 is 0 Å². The van der Waals surface area contributed by atoms with E-state index in [0.717, 1.165) is 19.3 Å². The zero-order valence-corrected chi connectivity index (χ0v) is 18.1. The average Bonchev–Trinajstić information content (AvgIpc) is 2.55. The number of hydrogen-bond donors (Lipinski definition) is 0. The molecule has 3 heteroatoms. The largest absolute Gasteiger partial charge is 0.509 e. The maximum atomic E-state index is 11.9. The molecule has 26 heavy (non-hydrogen) atoms. The standard InChI is InChI=1S/C23H44O3/c1-6-8-10-11-12-13-14-15-16-17-18-20-21(19-9-7-2)25-22(24)26-23(3,4)5/h7,9,21H,6,8,10-20H2,1-5H3/b9-7+/t21-/m0/s1. The minimum absolute atomic E-state index is 0.0698. The second kappa shape index (κ2) is 16.2. The Morgan fingerprint density at radius 1 is 0.885 bits per heavy atom. The fourth-order valence-corrected chi connectivity index (χ4v) is 2.96. The highest BCUT2D eigenvalue weighted by Crippen LogP contribution is 2.17.